The van der Waals surface area contributed by atoms with Crippen molar-refractivity contribution < 1.29 is 19.4 Å². The van der Waals surface area contributed by atoms with E-state index in [1.54, 1.807) is 19.0 Å². The summed E-state index contributed by atoms with van der Waals surface area (Å²) in [5.74, 6) is 0.131. The summed E-state index contributed by atoms with van der Waals surface area (Å²) in [4.78, 5) is 12.6. The van der Waals surface area contributed by atoms with Crippen LogP contribution in [-0.2, 0) is 14.3 Å². The summed E-state index contributed by atoms with van der Waals surface area (Å²) in [7, 11) is 3.52. The highest BCUT2D eigenvalue weighted by atomic mass is 16.5. The molecule has 0 atom stereocenters. The van der Waals surface area contributed by atoms with Crippen LogP contribution in [0.2, 0.25) is 0 Å². The monoisotopic (exact) mass is 289 g/mol. The highest BCUT2D eigenvalue weighted by molar-refractivity contribution is 5.75. The van der Waals surface area contributed by atoms with Gasteiger partial charge in [-0.1, -0.05) is 20.3 Å². The zero-order valence-electron chi connectivity index (χ0n) is 13.5. The molecular formula is C15H31NO4. The van der Waals surface area contributed by atoms with Gasteiger partial charge in [-0.3, -0.25) is 4.79 Å². The van der Waals surface area contributed by atoms with E-state index in [0.717, 1.165) is 39.1 Å². The van der Waals surface area contributed by atoms with Crippen LogP contribution in [0.25, 0.3) is 0 Å². The first-order chi connectivity index (χ1) is 9.51. The van der Waals surface area contributed by atoms with E-state index < -0.39 is 0 Å². The molecule has 5 nitrogen and oxygen atoms in total. The van der Waals surface area contributed by atoms with Gasteiger partial charge in [-0.2, -0.15) is 0 Å². The number of nitrogens with zero attached hydrogens (tertiary/aromatic N) is 1. The molecule has 1 aliphatic rings. The van der Waals surface area contributed by atoms with E-state index in [1.807, 2.05) is 0 Å². The second-order valence-corrected chi connectivity index (χ2v) is 5.51. The quantitative estimate of drug-likeness (QED) is 0.691. The molecule has 0 bridgehead atoms. The Morgan fingerprint density at radius 1 is 1.30 bits per heavy atom. The van der Waals surface area contributed by atoms with E-state index in [4.69, 9.17) is 14.6 Å². The van der Waals surface area contributed by atoms with Gasteiger partial charge in [0.05, 0.1) is 32.8 Å². The van der Waals surface area contributed by atoms with Crippen molar-refractivity contribution >= 4 is 5.91 Å². The van der Waals surface area contributed by atoms with Crippen molar-refractivity contribution in [2.24, 2.45) is 5.41 Å². The number of unbranched alkanes of at least 4 members (excludes halogenated alkanes) is 1. The average Bonchev–Trinajstić information content (AvgIpc) is 2.39. The van der Waals surface area contributed by atoms with Gasteiger partial charge in [-0.15, -0.1) is 0 Å². The Hall–Kier alpha value is -0.650. The van der Waals surface area contributed by atoms with Gasteiger partial charge >= 0.3 is 0 Å². The first-order valence-electron chi connectivity index (χ1n) is 7.48. The van der Waals surface area contributed by atoms with E-state index in [-0.39, 0.29) is 17.9 Å². The van der Waals surface area contributed by atoms with Crippen LogP contribution < -0.4 is 0 Å². The molecule has 0 aromatic carbocycles. The molecule has 0 aromatic rings. The van der Waals surface area contributed by atoms with E-state index in [1.165, 1.54) is 0 Å². The number of rotatable bonds is 8. The standard InChI is InChI=1S/C9H19NO2.C6H12O2/c1-4-5-7-12-8-6-9(11)10(2)3;1-2-6(3-7)4-8-5-6/h4-8H2,1-3H3;7H,2-5H2,1H3. The first kappa shape index (κ1) is 19.4. The van der Waals surface area contributed by atoms with Gasteiger partial charge in [-0.05, 0) is 12.8 Å². The van der Waals surface area contributed by atoms with E-state index in [2.05, 4.69) is 13.8 Å². The minimum atomic E-state index is 0.131. The molecule has 0 radical (unpaired) electrons. The molecular weight excluding hydrogens is 258 g/mol. The number of amides is 1. The number of hydrogen-bond donors (Lipinski definition) is 1. The third-order valence-electron chi connectivity index (χ3n) is 3.50. The van der Waals surface area contributed by atoms with Crippen molar-refractivity contribution in [3.63, 3.8) is 0 Å². The summed E-state index contributed by atoms with van der Waals surface area (Å²) in [6.45, 7) is 7.31. The molecule has 1 aliphatic heterocycles. The maximum absolute atomic E-state index is 11.0. The van der Waals surface area contributed by atoms with Crippen LogP contribution >= 0.6 is 0 Å². The predicted molar refractivity (Wildman–Crippen MR) is 79.7 cm³/mol. The Morgan fingerprint density at radius 2 is 1.95 bits per heavy atom. The third kappa shape index (κ3) is 7.82. The fraction of sp³-hybridized carbons (Fsp3) is 0.933. The maximum Gasteiger partial charge on any atom is 0.224 e. The SMILES string of the molecule is CCC1(CO)COC1.CCCCOCCC(=O)N(C)C. The van der Waals surface area contributed by atoms with Gasteiger partial charge in [0.25, 0.3) is 0 Å². The number of aliphatic hydroxyl groups is 1. The summed E-state index contributed by atoms with van der Waals surface area (Å²) in [6.07, 6.45) is 3.75. The number of carbonyl (C=O) groups is 1. The van der Waals surface area contributed by atoms with E-state index >= 15 is 0 Å². The van der Waals surface area contributed by atoms with Gasteiger partial charge in [0.1, 0.15) is 0 Å². The summed E-state index contributed by atoms with van der Waals surface area (Å²) in [5.41, 5.74) is 0.139. The minimum absolute atomic E-state index is 0.131. The van der Waals surface area contributed by atoms with Gasteiger partial charge < -0.3 is 19.5 Å². The molecule has 0 unspecified atom stereocenters. The Balaban J connectivity index is 0.000000388. The molecule has 0 aromatic heterocycles. The number of carbonyl (C=O) groups excluding carboxylic acids is 1. The zero-order chi connectivity index (χ0) is 15.4. The summed E-state index contributed by atoms with van der Waals surface area (Å²) < 4.78 is 10.2. The van der Waals surface area contributed by atoms with Crippen molar-refractivity contribution in [2.75, 3.05) is 47.1 Å². The Labute approximate surface area is 123 Å². The molecule has 0 saturated carbocycles. The van der Waals surface area contributed by atoms with Gasteiger partial charge in [0, 0.05) is 26.1 Å². The van der Waals surface area contributed by atoms with Crippen LogP contribution in [0.1, 0.15) is 39.5 Å². The molecule has 0 aliphatic carbocycles. The number of aliphatic hydroxyl groups excluding tert-OH is 1. The predicted octanol–water partition coefficient (Wildman–Crippen LogP) is 1.69. The van der Waals surface area contributed by atoms with Crippen molar-refractivity contribution in [1.29, 1.82) is 0 Å². The summed E-state index contributed by atoms with van der Waals surface area (Å²) >= 11 is 0. The molecule has 20 heavy (non-hydrogen) atoms. The second-order valence-electron chi connectivity index (χ2n) is 5.51. The molecule has 1 amide bonds. The van der Waals surface area contributed by atoms with Crippen molar-refractivity contribution in [3.8, 4) is 0 Å². The molecule has 1 saturated heterocycles. The fourth-order valence-electron chi connectivity index (χ4n) is 1.53. The van der Waals surface area contributed by atoms with Crippen molar-refractivity contribution in [3.05, 3.63) is 0 Å². The second kappa shape index (κ2) is 11.1. The molecule has 120 valence electrons. The number of hydrogen-bond acceptors (Lipinski definition) is 4. The van der Waals surface area contributed by atoms with Crippen molar-refractivity contribution in [2.45, 2.75) is 39.5 Å². The lowest BCUT2D eigenvalue weighted by molar-refractivity contribution is -0.138. The molecule has 1 fully saturated rings. The van der Waals surface area contributed by atoms with Gasteiger partial charge in [-0.25, -0.2) is 0 Å². The van der Waals surface area contributed by atoms with Crippen molar-refractivity contribution in [1.82, 2.24) is 4.90 Å². The molecule has 5 heteroatoms. The molecule has 1 rings (SSSR count). The highest BCUT2D eigenvalue weighted by Crippen LogP contribution is 2.29. The van der Waals surface area contributed by atoms with Crippen LogP contribution in [0.4, 0.5) is 0 Å². The lowest BCUT2D eigenvalue weighted by Gasteiger charge is -2.38. The van der Waals surface area contributed by atoms with E-state index in [0.29, 0.717) is 13.0 Å². The summed E-state index contributed by atoms with van der Waals surface area (Å²) in [6, 6.07) is 0. The largest absolute Gasteiger partial charge is 0.396 e. The normalized spacial score (nSPS) is 15.8. The highest BCUT2D eigenvalue weighted by Gasteiger charge is 2.35. The van der Waals surface area contributed by atoms with Crippen LogP contribution in [-0.4, -0.2) is 63.0 Å². The minimum Gasteiger partial charge on any atom is -0.396 e. The first-order valence-corrected chi connectivity index (χ1v) is 7.48. The Kier molecular flexibility index (Phi) is 10.7. The lowest BCUT2D eigenvalue weighted by Crippen LogP contribution is -2.44. The van der Waals surface area contributed by atoms with Crippen LogP contribution in [0.5, 0.6) is 0 Å². The lowest BCUT2D eigenvalue weighted by atomic mass is 9.84. The molecule has 1 N–H and O–H groups in total. The Morgan fingerprint density at radius 3 is 2.25 bits per heavy atom. The zero-order valence-corrected chi connectivity index (χ0v) is 13.5. The fourth-order valence-corrected chi connectivity index (χ4v) is 1.53. The average molecular weight is 289 g/mol. The molecule has 0 spiro atoms. The Bertz CT molecular complexity index is 239. The van der Waals surface area contributed by atoms with Gasteiger partial charge in [0.2, 0.25) is 5.91 Å². The third-order valence-corrected chi connectivity index (χ3v) is 3.50. The smallest absolute Gasteiger partial charge is 0.224 e. The van der Waals surface area contributed by atoms with Crippen LogP contribution in [0.3, 0.4) is 0 Å². The summed E-state index contributed by atoms with van der Waals surface area (Å²) in [5, 5.41) is 8.76. The maximum atomic E-state index is 11.0. The topological polar surface area (TPSA) is 59.0 Å². The van der Waals surface area contributed by atoms with Crippen LogP contribution in [0.15, 0.2) is 0 Å². The van der Waals surface area contributed by atoms with Gasteiger partial charge in [0.15, 0.2) is 0 Å². The number of ether oxygens (including phenoxy) is 2. The van der Waals surface area contributed by atoms with E-state index in [9.17, 15) is 4.79 Å². The molecule has 1 heterocycles. The van der Waals surface area contributed by atoms with Crippen LogP contribution in [0, 0.1) is 5.41 Å².